The van der Waals surface area contributed by atoms with Crippen LogP contribution in [0.3, 0.4) is 0 Å². The average Bonchev–Trinajstić information content (AvgIpc) is 2.60. The van der Waals surface area contributed by atoms with Crippen LogP contribution < -0.4 is 5.43 Å². The quantitative estimate of drug-likeness (QED) is 0.605. The number of hydrazone groups is 1. The number of halogens is 1. The predicted octanol–water partition coefficient (Wildman–Crippen LogP) is 2.81. The molecule has 1 amide bonds. The van der Waals surface area contributed by atoms with Gasteiger partial charge in [0.2, 0.25) is 10.0 Å². The Labute approximate surface area is 158 Å². The van der Waals surface area contributed by atoms with Crippen LogP contribution >= 0.6 is 11.6 Å². The fraction of sp³-hybridized carbons (Fsp3) is 0.222. The Hall–Kier alpha value is -2.22. The third kappa shape index (κ3) is 5.14. The maximum absolute atomic E-state index is 12.5. The summed E-state index contributed by atoms with van der Waals surface area (Å²) in [4.78, 5) is 12.2. The maximum Gasteiger partial charge on any atom is 0.255 e. The summed E-state index contributed by atoms with van der Waals surface area (Å²) in [6, 6.07) is 13.5. The van der Waals surface area contributed by atoms with Crippen LogP contribution in [0.25, 0.3) is 0 Å². The van der Waals surface area contributed by atoms with Gasteiger partial charge in [0.25, 0.3) is 5.91 Å². The molecule has 0 aliphatic heterocycles. The second-order valence-corrected chi connectivity index (χ2v) is 8.29. The van der Waals surface area contributed by atoms with Crippen molar-refractivity contribution in [2.75, 3.05) is 13.6 Å². The number of rotatable bonds is 6. The first kappa shape index (κ1) is 20.1. The van der Waals surface area contributed by atoms with E-state index in [0.717, 1.165) is 15.4 Å². The minimum absolute atomic E-state index is 0.138. The molecule has 2 rings (SSSR count). The van der Waals surface area contributed by atoms with E-state index in [1.807, 2.05) is 6.92 Å². The molecule has 0 radical (unpaired) electrons. The summed E-state index contributed by atoms with van der Waals surface area (Å²) < 4.78 is 25.9. The second kappa shape index (κ2) is 8.44. The number of aryl methyl sites for hydroxylation is 1. The molecule has 0 aromatic heterocycles. The van der Waals surface area contributed by atoms with Crippen LogP contribution in [0.1, 0.15) is 18.1 Å². The minimum atomic E-state index is -3.74. The van der Waals surface area contributed by atoms with Crippen LogP contribution in [0.15, 0.2) is 58.5 Å². The van der Waals surface area contributed by atoms with Crippen LogP contribution in [-0.4, -0.2) is 37.9 Å². The molecule has 0 fully saturated rings. The number of carbonyl (C=O) groups is 1. The van der Waals surface area contributed by atoms with E-state index in [0.29, 0.717) is 10.7 Å². The zero-order valence-corrected chi connectivity index (χ0v) is 16.3. The molecular formula is C18H20ClN3O3S. The standard InChI is InChI=1S/C18H20ClN3O3S/c1-13-4-10-17(11-5-13)26(24,25)22(3)12-18(23)21-20-14(2)15-6-8-16(19)9-7-15/h4-11H,12H2,1-3H3,(H,21,23)/b20-14-. The van der Waals surface area contributed by atoms with Crippen LogP contribution in [0.4, 0.5) is 0 Å². The molecule has 0 aliphatic carbocycles. The lowest BCUT2D eigenvalue weighted by atomic mass is 10.1. The first-order valence-corrected chi connectivity index (χ1v) is 9.64. The maximum atomic E-state index is 12.5. The van der Waals surface area contributed by atoms with Crippen molar-refractivity contribution in [2.24, 2.45) is 5.10 Å². The summed E-state index contributed by atoms with van der Waals surface area (Å²) in [6.07, 6.45) is 0. The number of nitrogens with zero attached hydrogens (tertiary/aromatic N) is 2. The van der Waals surface area contributed by atoms with Crippen LogP contribution in [0, 0.1) is 6.92 Å². The Balaban J connectivity index is 2.01. The van der Waals surface area contributed by atoms with E-state index in [1.165, 1.54) is 19.2 Å². The third-order valence-electron chi connectivity index (χ3n) is 3.71. The van der Waals surface area contributed by atoms with Crippen LogP contribution in [-0.2, 0) is 14.8 Å². The molecule has 0 saturated heterocycles. The van der Waals surface area contributed by atoms with Gasteiger partial charge in [-0.25, -0.2) is 13.8 Å². The van der Waals surface area contributed by atoms with Gasteiger partial charge in [0.1, 0.15) is 0 Å². The van der Waals surface area contributed by atoms with Crippen LogP contribution in [0.5, 0.6) is 0 Å². The second-order valence-electron chi connectivity index (χ2n) is 5.81. The summed E-state index contributed by atoms with van der Waals surface area (Å²) in [5, 5.41) is 4.60. The van der Waals surface area contributed by atoms with Gasteiger partial charge in [-0.15, -0.1) is 0 Å². The average molecular weight is 394 g/mol. The van der Waals surface area contributed by atoms with E-state index >= 15 is 0 Å². The van der Waals surface area contributed by atoms with Gasteiger partial charge >= 0.3 is 0 Å². The Morgan fingerprint density at radius 2 is 1.69 bits per heavy atom. The van der Waals surface area contributed by atoms with Gasteiger partial charge in [-0.1, -0.05) is 41.4 Å². The number of carbonyl (C=O) groups excluding carboxylic acids is 1. The first-order chi connectivity index (χ1) is 12.2. The number of nitrogens with one attached hydrogen (secondary N) is 1. The lowest BCUT2D eigenvalue weighted by molar-refractivity contribution is -0.121. The minimum Gasteiger partial charge on any atom is -0.272 e. The molecule has 0 bridgehead atoms. The van der Waals surface area contributed by atoms with Gasteiger partial charge < -0.3 is 0 Å². The summed E-state index contributed by atoms with van der Waals surface area (Å²) in [6.45, 7) is 3.26. The van der Waals surface area contributed by atoms with Crippen molar-refractivity contribution in [1.29, 1.82) is 0 Å². The summed E-state index contributed by atoms with van der Waals surface area (Å²) in [7, 11) is -2.39. The highest BCUT2D eigenvalue weighted by molar-refractivity contribution is 7.89. The molecule has 0 spiro atoms. The number of hydrogen-bond acceptors (Lipinski definition) is 4. The number of sulfonamides is 1. The van der Waals surface area contributed by atoms with E-state index < -0.39 is 15.9 Å². The Bertz CT molecular complexity index is 908. The van der Waals surface area contributed by atoms with Gasteiger partial charge in [-0.2, -0.15) is 9.41 Å². The number of hydrogen-bond donors (Lipinski definition) is 1. The highest BCUT2D eigenvalue weighted by Gasteiger charge is 2.22. The first-order valence-electron chi connectivity index (χ1n) is 7.82. The van der Waals surface area contributed by atoms with Gasteiger partial charge in [0.15, 0.2) is 0 Å². The number of amides is 1. The summed E-state index contributed by atoms with van der Waals surface area (Å²) in [5.74, 6) is -0.531. The zero-order chi connectivity index (χ0) is 19.3. The van der Waals surface area contributed by atoms with E-state index in [1.54, 1.807) is 43.3 Å². The van der Waals surface area contributed by atoms with Crippen molar-refractivity contribution in [3.8, 4) is 0 Å². The molecule has 26 heavy (non-hydrogen) atoms. The lowest BCUT2D eigenvalue weighted by Crippen LogP contribution is -2.36. The topological polar surface area (TPSA) is 78.8 Å². The Morgan fingerprint density at radius 3 is 2.27 bits per heavy atom. The SMILES string of the molecule is C/C(=N/NC(=O)CN(C)S(=O)(=O)c1ccc(C)cc1)c1ccc(Cl)cc1. The fourth-order valence-corrected chi connectivity index (χ4v) is 3.37. The van der Waals surface area contributed by atoms with Gasteiger partial charge in [0.05, 0.1) is 17.2 Å². The normalized spacial score (nSPS) is 12.3. The van der Waals surface area contributed by atoms with Gasteiger partial charge in [-0.05, 0) is 43.7 Å². The summed E-state index contributed by atoms with van der Waals surface area (Å²) >= 11 is 5.83. The van der Waals surface area contributed by atoms with Crippen molar-refractivity contribution < 1.29 is 13.2 Å². The molecule has 0 saturated carbocycles. The largest absolute Gasteiger partial charge is 0.272 e. The molecule has 8 heteroatoms. The van der Waals surface area contributed by atoms with Crippen molar-refractivity contribution in [3.63, 3.8) is 0 Å². The number of benzene rings is 2. The summed E-state index contributed by atoms with van der Waals surface area (Å²) in [5.41, 5.74) is 4.71. The monoisotopic (exact) mass is 393 g/mol. The highest BCUT2D eigenvalue weighted by atomic mass is 35.5. The van der Waals surface area contributed by atoms with Crippen molar-refractivity contribution >= 4 is 33.2 Å². The van der Waals surface area contributed by atoms with E-state index in [9.17, 15) is 13.2 Å². The van der Waals surface area contributed by atoms with Gasteiger partial charge in [0, 0.05) is 12.1 Å². The Morgan fingerprint density at radius 1 is 1.12 bits per heavy atom. The molecule has 0 heterocycles. The highest BCUT2D eigenvalue weighted by Crippen LogP contribution is 2.14. The zero-order valence-electron chi connectivity index (χ0n) is 14.7. The van der Waals surface area contributed by atoms with Crippen molar-refractivity contribution in [3.05, 3.63) is 64.7 Å². The van der Waals surface area contributed by atoms with Crippen molar-refractivity contribution in [1.82, 2.24) is 9.73 Å². The van der Waals surface area contributed by atoms with Crippen LogP contribution in [0.2, 0.25) is 5.02 Å². The molecule has 2 aromatic rings. The molecule has 1 N–H and O–H groups in total. The molecule has 6 nitrogen and oxygen atoms in total. The molecular weight excluding hydrogens is 374 g/mol. The smallest absolute Gasteiger partial charge is 0.255 e. The van der Waals surface area contributed by atoms with E-state index in [2.05, 4.69) is 10.5 Å². The molecule has 2 aromatic carbocycles. The fourth-order valence-electron chi connectivity index (χ4n) is 2.11. The predicted molar refractivity (Wildman–Crippen MR) is 103 cm³/mol. The molecule has 138 valence electrons. The third-order valence-corrected chi connectivity index (χ3v) is 5.78. The van der Waals surface area contributed by atoms with Gasteiger partial charge in [-0.3, -0.25) is 4.79 Å². The number of likely N-dealkylation sites (N-methyl/N-ethyl adjacent to an activating group) is 1. The Kier molecular flexibility index (Phi) is 6.52. The molecule has 0 unspecified atom stereocenters. The van der Waals surface area contributed by atoms with E-state index in [4.69, 9.17) is 11.6 Å². The molecule has 0 aliphatic rings. The lowest BCUT2D eigenvalue weighted by Gasteiger charge is -2.16. The molecule has 0 atom stereocenters. The van der Waals surface area contributed by atoms with Crippen molar-refractivity contribution in [2.45, 2.75) is 18.7 Å². The van der Waals surface area contributed by atoms with E-state index in [-0.39, 0.29) is 11.4 Å².